The van der Waals surface area contributed by atoms with E-state index in [1.54, 1.807) is 29.8 Å². The highest BCUT2D eigenvalue weighted by molar-refractivity contribution is 5.69. The van der Waals surface area contributed by atoms with Gasteiger partial charge in [-0.3, -0.25) is 4.79 Å². The van der Waals surface area contributed by atoms with Crippen molar-refractivity contribution in [1.29, 1.82) is 0 Å². The summed E-state index contributed by atoms with van der Waals surface area (Å²) in [6.07, 6.45) is 3.63. The van der Waals surface area contributed by atoms with E-state index in [9.17, 15) is 9.18 Å². The predicted octanol–water partition coefficient (Wildman–Crippen LogP) is 1.74. The Morgan fingerprint density at radius 1 is 1.69 bits per heavy atom. The normalized spacial score (nSPS) is 12.9. The number of nitrogens with zero attached hydrogens (tertiary/aromatic N) is 2. The molecule has 2 rings (SSSR count). The predicted molar refractivity (Wildman–Crippen MR) is 55.7 cm³/mol. The average molecular weight is 222 g/mol. The van der Waals surface area contributed by atoms with E-state index >= 15 is 0 Å². The largest absolute Gasteiger partial charge is 0.481 e. The molecule has 0 fully saturated rings. The van der Waals surface area contributed by atoms with Crippen molar-refractivity contribution in [3.05, 3.63) is 36.0 Å². The number of hydrogen-bond donors (Lipinski definition) is 1. The lowest BCUT2D eigenvalue weighted by molar-refractivity contribution is -0.141. The van der Waals surface area contributed by atoms with Gasteiger partial charge in [-0.15, -0.1) is 0 Å². The van der Waals surface area contributed by atoms with Crippen molar-refractivity contribution in [2.45, 2.75) is 13.3 Å². The third-order valence-electron chi connectivity index (χ3n) is 2.42. The summed E-state index contributed by atoms with van der Waals surface area (Å²) in [6, 6.07) is 2.90. The summed E-state index contributed by atoms with van der Waals surface area (Å²) in [5.41, 5.74) is 0.815. The molecule has 2 heterocycles. The molecule has 0 aliphatic carbocycles. The lowest BCUT2D eigenvalue weighted by atomic mass is 10.1. The molecular weight excluding hydrogens is 211 g/mol. The van der Waals surface area contributed by atoms with Crippen LogP contribution in [0.1, 0.15) is 12.6 Å². The summed E-state index contributed by atoms with van der Waals surface area (Å²) in [5.74, 6) is -1.80. The Labute approximate surface area is 91.4 Å². The Morgan fingerprint density at radius 2 is 2.44 bits per heavy atom. The maximum Gasteiger partial charge on any atom is 0.306 e. The summed E-state index contributed by atoms with van der Waals surface area (Å²) < 4.78 is 14.9. The Bertz CT molecular complexity index is 536. The molecule has 2 aromatic heterocycles. The van der Waals surface area contributed by atoms with E-state index in [2.05, 4.69) is 4.98 Å². The molecule has 0 bridgehead atoms. The van der Waals surface area contributed by atoms with Crippen LogP contribution < -0.4 is 0 Å². The first-order valence-corrected chi connectivity index (χ1v) is 4.93. The number of carbonyl (C=O) groups is 1. The quantitative estimate of drug-likeness (QED) is 0.860. The molecule has 0 radical (unpaired) electrons. The zero-order chi connectivity index (χ0) is 11.7. The Hall–Kier alpha value is -1.91. The van der Waals surface area contributed by atoms with Gasteiger partial charge >= 0.3 is 5.97 Å². The number of imidazole rings is 1. The van der Waals surface area contributed by atoms with Crippen molar-refractivity contribution < 1.29 is 14.3 Å². The number of rotatable bonds is 3. The van der Waals surface area contributed by atoms with Crippen LogP contribution in [0, 0.1) is 11.7 Å². The van der Waals surface area contributed by atoms with E-state index in [1.807, 2.05) is 0 Å². The monoisotopic (exact) mass is 222 g/mol. The molecule has 0 amide bonds. The summed E-state index contributed by atoms with van der Waals surface area (Å²) in [7, 11) is 0. The van der Waals surface area contributed by atoms with Crippen molar-refractivity contribution in [3.8, 4) is 0 Å². The minimum absolute atomic E-state index is 0.232. The molecule has 1 N–H and O–H groups in total. The molecule has 84 valence electrons. The number of halogens is 1. The van der Waals surface area contributed by atoms with Gasteiger partial charge in [0.05, 0.1) is 11.6 Å². The second-order valence-corrected chi connectivity index (χ2v) is 3.76. The number of aliphatic carboxylic acids is 1. The third kappa shape index (κ3) is 1.88. The smallest absolute Gasteiger partial charge is 0.306 e. The first-order valence-electron chi connectivity index (χ1n) is 4.93. The van der Waals surface area contributed by atoms with E-state index in [1.165, 1.54) is 6.07 Å². The fourth-order valence-electron chi connectivity index (χ4n) is 1.53. The lowest BCUT2D eigenvalue weighted by Gasteiger charge is -2.01. The number of carboxylic acid groups (broad SMARTS) is 1. The molecule has 16 heavy (non-hydrogen) atoms. The van der Waals surface area contributed by atoms with Crippen LogP contribution in [0.2, 0.25) is 0 Å². The van der Waals surface area contributed by atoms with Crippen molar-refractivity contribution in [2.75, 3.05) is 0 Å². The minimum Gasteiger partial charge on any atom is -0.481 e. The molecule has 1 atom stereocenters. The molecular formula is C11H11FN2O2. The zero-order valence-electron chi connectivity index (χ0n) is 8.72. The topological polar surface area (TPSA) is 54.6 Å². The minimum atomic E-state index is -0.877. The van der Waals surface area contributed by atoms with E-state index in [0.717, 1.165) is 0 Å². The Morgan fingerprint density at radius 3 is 3.06 bits per heavy atom. The first kappa shape index (κ1) is 10.6. The van der Waals surface area contributed by atoms with Crippen molar-refractivity contribution >= 4 is 11.6 Å². The molecule has 0 aromatic carbocycles. The van der Waals surface area contributed by atoms with Gasteiger partial charge < -0.3 is 9.51 Å². The summed E-state index contributed by atoms with van der Waals surface area (Å²) in [6.45, 7) is 1.60. The standard InChI is InChI=1S/C11H11FN2O2/c1-7(11(15)16)5-8-6-14-4-2-3-9(12)10(14)13-8/h2-4,6-7H,5H2,1H3,(H,15,16). The fourth-order valence-corrected chi connectivity index (χ4v) is 1.53. The van der Waals surface area contributed by atoms with Gasteiger partial charge in [-0.05, 0) is 12.1 Å². The van der Waals surface area contributed by atoms with E-state index < -0.39 is 17.7 Å². The third-order valence-corrected chi connectivity index (χ3v) is 2.42. The maximum absolute atomic E-state index is 13.3. The van der Waals surface area contributed by atoms with Gasteiger partial charge in [0.2, 0.25) is 0 Å². The molecule has 2 aromatic rings. The van der Waals surface area contributed by atoms with Crippen LogP contribution in [0.3, 0.4) is 0 Å². The zero-order valence-corrected chi connectivity index (χ0v) is 8.72. The van der Waals surface area contributed by atoms with E-state index in [4.69, 9.17) is 5.11 Å². The van der Waals surface area contributed by atoms with Crippen molar-refractivity contribution in [3.63, 3.8) is 0 Å². The van der Waals surface area contributed by atoms with Crippen LogP contribution in [0.25, 0.3) is 5.65 Å². The highest BCUT2D eigenvalue weighted by Gasteiger charge is 2.14. The van der Waals surface area contributed by atoms with Gasteiger partial charge in [0.25, 0.3) is 0 Å². The van der Waals surface area contributed by atoms with Crippen LogP contribution in [-0.2, 0) is 11.2 Å². The van der Waals surface area contributed by atoms with Gasteiger partial charge in [0, 0.05) is 18.8 Å². The van der Waals surface area contributed by atoms with Crippen LogP contribution in [0.15, 0.2) is 24.5 Å². The summed E-state index contributed by atoms with van der Waals surface area (Å²) in [4.78, 5) is 14.7. The number of hydrogen-bond acceptors (Lipinski definition) is 2. The van der Waals surface area contributed by atoms with Gasteiger partial charge in [-0.2, -0.15) is 0 Å². The molecule has 5 heteroatoms. The molecule has 4 nitrogen and oxygen atoms in total. The summed E-state index contributed by atoms with van der Waals surface area (Å²) >= 11 is 0. The number of aromatic nitrogens is 2. The van der Waals surface area contributed by atoms with Gasteiger partial charge in [0.15, 0.2) is 11.5 Å². The van der Waals surface area contributed by atoms with Crippen LogP contribution >= 0.6 is 0 Å². The maximum atomic E-state index is 13.3. The molecule has 0 aliphatic rings. The van der Waals surface area contributed by atoms with Crippen LogP contribution in [0.5, 0.6) is 0 Å². The van der Waals surface area contributed by atoms with Crippen molar-refractivity contribution in [2.24, 2.45) is 5.92 Å². The molecule has 1 unspecified atom stereocenters. The SMILES string of the molecule is CC(Cc1cn2cccc(F)c2n1)C(=O)O. The van der Waals surface area contributed by atoms with Gasteiger partial charge in [-0.1, -0.05) is 6.92 Å². The molecule has 0 saturated heterocycles. The van der Waals surface area contributed by atoms with Gasteiger partial charge in [-0.25, -0.2) is 9.37 Å². The first-order chi connectivity index (χ1) is 7.58. The second-order valence-electron chi connectivity index (χ2n) is 3.76. The van der Waals surface area contributed by atoms with Gasteiger partial charge in [0.1, 0.15) is 0 Å². The second kappa shape index (κ2) is 3.92. The Balaban J connectivity index is 2.33. The van der Waals surface area contributed by atoms with Crippen LogP contribution in [-0.4, -0.2) is 20.5 Å². The Kier molecular flexibility index (Phi) is 2.60. The molecule has 0 spiro atoms. The summed E-state index contributed by atoms with van der Waals surface area (Å²) in [5, 5.41) is 8.76. The van der Waals surface area contributed by atoms with Crippen molar-refractivity contribution in [1.82, 2.24) is 9.38 Å². The number of fused-ring (bicyclic) bond motifs is 1. The number of pyridine rings is 1. The highest BCUT2D eigenvalue weighted by Crippen LogP contribution is 2.12. The van der Waals surface area contributed by atoms with E-state index in [-0.39, 0.29) is 5.65 Å². The highest BCUT2D eigenvalue weighted by atomic mass is 19.1. The fraction of sp³-hybridized carbons (Fsp3) is 0.273. The lowest BCUT2D eigenvalue weighted by Crippen LogP contribution is -2.12. The molecule has 0 saturated carbocycles. The average Bonchev–Trinajstić information content (AvgIpc) is 2.61. The number of carboxylic acids is 1. The van der Waals surface area contributed by atoms with Crippen LogP contribution in [0.4, 0.5) is 4.39 Å². The molecule has 0 aliphatic heterocycles. The van der Waals surface area contributed by atoms with E-state index in [0.29, 0.717) is 12.1 Å².